The molecule has 4 nitrogen and oxygen atoms in total. The van der Waals surface area contributed by atoms with Gasteiger partial charge >= 0.3 is 18.4 Å². The van der Waals surface area contributed by atoms with E-state index >= 15 is 0 Å². The summed E-state index contributed by atoms with van der Waals surface area (Å²) in [6.45, 7) is 4.68. The van der Waals surface area contributed by atoms with Crippen LogP contribution in [0.1, 0.15) is 20.8 Å². The van der Waals surface area contributed by atoms with Crippen LogP contribution < -0.4 is 0 Å². The minimum absolute atomic E-state index is 0.0745. The molecule has 1 amide bonds. The van der Waals surface area contributed by atoms with Gasteiger partial charge in [0.2, 0.25) is 0 Å². The molecule has 0 aliphatic carbocycles. The lowest BCUT2D eigenvalue weighted by Gasteiger charge is -2.58. The number of carbonyl (C=O) groups excluding carboxylic acids is 1. The molecule has 1 rings (SSSR count). The van der Waals surface area contributed by atoms with Crippen LogP contribution in [0.25, 0.3) is 0 Å². The Kier molecular flexibility index (Phi) is 5.86. The first-order valence-corrected chi connectivity index (χ1v) is 7.30. The second kappa shape index (κ2) is 6.60. The first-order chi connectivity index (χ1) is 11.3. The van der Waals surface area contributed by atoms with Crippen LogP contribution in [0.4, 0.5) is 31.1 Å². The topological polar surface area (TPSA) is 32.8 Å². The molecule has 1 aliphatic heterocycles. The van der Waals surface area contributed by atoms with E-state index < -0.39 is 40.8 Å². The molecule has 0 aromatic rings. The van der Waals surface area contributed by atoms with Gasteiger partial charge in [0.1, 0.15) is 0 Å². The van der Waals surface area contributed by atoms with Gasteiger partial charge in [0.05, 0.1) is 23.5 Å². The molecule has 1 fully saturated rings. The molecule has 1 saturated heterocycles. The molecule has 8 radical (unpaired) electrons. The largest absolute Gasteiger partial charge is 0.434 e. The van der Waals surface area contributed by atoms with E-state index in [1.807, 2.05) is 0 Å². The maximum Gasteiger partial charge on any atom is 0.427 e. The van der Waals surface area contributed by atoms with Crippen LogP contribution in [0.3, 0.4) is 0 Å². The number of hydrogen-bond donors (Lipinski definition) is 0. The van der Waals surface area contributed by atoms with Crippen LogP contribution >= 0.6 is 0 Å². The van der Waals surface area contributed by atoms with Gasteiger partial charge in [-0.15, -0.1) is 0 Å². The number of rotatable bonds is 1. The third-order valence-corrected chi connectivity index (χ3v) is 3.98. The highest BCUT2D eigenvalue weighted by Gasteiger charge is 2.70. The van der Waals surface area contributed by atoms with Gasteiger partial charge in [-0.25, -0.2) is 4.79 Å². The van der Waals surface area contributed by atoms with Crippen molar-refractivity contribution in [2.24, 2.45) is 0 Å². The van der Waals surface area contributed by atoms with Crippen LogP contribution in [0.15, 0.2) is 0 Å². The van der Waals surface area contributed by atoms with Crippen molar-refractivity contribution in [3.63, 3.8) is 0 Å². The van der Waals surface area contributed by atoms with Gasteiger partial charge in [-0.05, 0) is 32.1 Å². The molecule has 0 bridgehead atoms. The van der Waals surface area contributed by atoms with Crippen LogP contribution in [0.5, 0.6) is 0 Å². The van der Waals surface area contributed by atoms with Crippen molar-refractivity contribution in [2.45, 2.75) is 55.4 Å². The molecule has 26 heavy (non-hydrogen) atoms. The van der Waals surface area contributed by atoms with Gasteiger partial charge in [-0.3, -0.25) is 0 Å². The zero-order chi connectivity index (χ0) is 20.9. The zero-order valence-corrected chi connectivity index (χ0v) is 14.3. The standard InChI is InChI=1S/C12H14B4F6N2O2/c1-8(2,3)24-5-4-23(6(13)9(24,14)15)7(25)26-10(16,11(17,18)19)12(20,21)22/h6H,4-5H2,1-3H3. The van der Waals surface area contributed by atoms with Crippen molar-refractivity contribution in [3.05, 3.63) is 0 Å². The average molecular weight is 375 g/mol. The Labute approximate surface area is 152 Å². The molecule has 0 aromatic heterocycles. The maximum atomic E-state index is 12.8. The summed E-state index contributed by atoms with van der Waals surface area (Å²) >= 11 is 0. The number of nitrogens with zero attached hydrogens (tertiary/aromatic N) is 2. The van der Waals surface area contributed by atoms with E-state index in [-0.39, 0.29) is 13.1 Å². The second-order valence-corrected chi connectivity index (χ2v) is 6.95. The van der Waals surface area contributed by atoms with Gasteiger partial charge in [0, 0.05) is 18.6 Å². The molecule has 1 heterocycles. The number of piperazine rings is 1. The van der Waals surface area contributed by atoms with E-state index in [1.54, 1.807) is 20.8 Å². The fourth-order valence-electron chi connectivity index (χ4n) is 2.54. The van der Waals surface area contributed by atoms with Crippen LogP contribution in [-0.4, -0.2) is 95.0 Å². The smallest absolute Gasteiger partial charge is 0.427 e. The molecule has 1 atom stereocenters. The predicted octanol–water partition coefficient (Wildman–Crippen LogP) is 1.01. The summed E-state index contributed by atoms with van der Waals surface area (Å²) in [6, 6.07) is 0. The van der Waals surface area contributed by atoms with Crippen molar-refractivity contribution < 1.29 is 35.9 Å². The summed E-state index contributed by atoms with van der Waals surface area (Å²) in [7, 11) is 21.8. The van der Waals surface area contributed by atoms with Gasteiger partial charge < -0.3 is 14.5 Å². The van der Waals surface area contributed by atoms with Gasteiger partial charge in [0.15, 0.2) is 7.85 Å². The minimum atomic E-state index is -6.11. The summed E-state index contributed by atoms with van der Waals surface area (Å²) in [4.78, 5) is 13.8. The van der Waals surface area contributed by atoms with E-state index in [1.165, 1.54) is 4.90 Å². The molecule has 0 aromatic carbocycles. The number of amides is 1. The van der Waals surface area contributed by atoms with Crippen molar-refractivity contribution in [3.8, 4) is 0 Å². The zero-order valence-electron chi connectivity index (χ0n) is 14.3. The SMILES string of the molecule is [B]C1N(C(=O)OC([B])(C(F)(F)F)C(F)(F)F)CCN(C(C)(C)C)C1([B])[B]. The monoisotopic (exact) mass is 376 g/mol. The van der Waals surface area contributed by atoms with E-state index in [2.05, 4.69) is 12.6 Å². The molecule has 1 aliphatic rings. The molecule has 1 unspecified atom stereocenters. The first kappa shape index (κ1) is 23.1. The number of hydrogen-bond acceptors (Lipinski definition) is 3. The van der Waals surface area contributed by atoms with E-state index in [4.69, 9.17) is 23.5 Å². The summed E-state index contributed by atoms with van der Waals surface area (Å²) in [5.74, 6) is -1.66. The predicted molar refractivity (Wildman–Crippen MR) is 84.0 cm³/mol. The molecular formula is C12H14B4F6N2O2. The van der Waals surface area contributed by atoms with E-state index in [0.717, 1.165) is 0 Å². The second-order valence-electron chi connectivity index (χ2n) is 6.95. The number of alkyl halides is 6. The fraction of sp³-hybridized carbons (Fsp3) is 0.917. The Morgan fingerprint density at radius 3 is 1.81 bits per heavy atom. The first-order valence-electron chi connectivity index (χ1n) is 7.30. The Bertz CT molecular complexity index is 535. The normalized spacial score (nSPS) is 23.0. The lowest BCUT2D eigenvalue weighted by molar-refractivity contribution is -0.331. The summed E-state index contributed by atoms with van der Waals surface area (Å²) in [5, 5.41) is -1.94. The quantitative estimate of drug-likeness (QED) is 0.507. The van der Waals surface area contributed by atoms with Crippen LogP contribution in [0.2, 0.25) is 0 Å². The van der Waals surface area contributed by atoms with E-state index in [9.17, 15) is 31.1 Å². The molecular weight excluding hydrogens is 361 g/mol. The Balaban J connectivity index is 3.12. The maximum absolute atomic E-state index is 12.8. The van der Waals surface area contributed by atoms with Gasteiger partial charge in [0.25, 0.3) is 5.50 Å². The van der Waals surface area contributed by atoms with Crippen molar-refractivity contribution in [2.75, 3.05) is 13.1 Å². The summed E-state index contributed by atoms with van der Waals surface area (Å²) in [6.07, 6.45) is -14.3. The third-order valence-electron chi connectivity index (χ3n) is 3.98. The highest BCUT2D eigenvalue weighted by Crippen LogP contribution is 2.44. The molecule has 0 saturated carbocycles. The molecule has 0 spiro atoms. The Morgan fingerprint density at radius 2 is 1.46 bits per heavy atom. The van der Waals surface area contributed by atoms with Gasteiger partial charge in [-0.2, -0.15) is 26.3 Å². The highest BCUT2D eigenvalue weighted by molar-refractivity contribution is 6.44. The third kappa shape index (κ3) is 3.99. The molecule has 138 valence electrons. The van der Waals surface area contributed by atoms with Crippen LogP contribution in [0, 0.1) is 0 Å². The molecule has 0 N–H and O–H groups in total. The Hall–Kier alpha value is -0.930. The summed E-state index contributed by atoms with van der Waals surface area (Å²) in [5.41, 5.74) is -5.85. The number of halogens is 6. The van der Waals surface area contributed by atoms with Crippen LogP contribution in [-0.2, 0) is 4.74 Å². The van der Waals surface area contributed by atoms with Gasteiger partial charge in [-0.1, -0.05) is 0 Å². The van der Waals surface area contributed by atoms with Crippen molar-refractivity contribution in [1.82, 2.24) is 9.80 Å². The minimum Gasteiger partial charge on any atom is -0.434 e. The average Bonchev–Trinajstić information content (AvgIpc) is 2.37. The highest BCUT2D eigenvalue weighted by atomic mass is 19.4. The van der Waals surface area contributed by atoms with Crippen molar-refractivity contribution in [1.29, 1.82) is 0 Å². The Morgan fingerprint density at radius 1 is 1.04 bits per heavy atom. The van der Waals surface area contributed by atoms with E-state index in [0.29, 0.717) is 4.90 Å². The van der Waals surface area contributed by atoms with Crippen molar-refractivity contribution >= 4 is 37.5 Å². The fourth-order valence-corrected chi connectivity index (χ4v) is 2.54. The molecule has 14 heteroatoms. The number of ether oxygens (including phenoxy) is 1. The lowest BCUT2D eigenvalue weighted by atomic mass is 9.49. The lowest BCUT2D eigenvalue weighted by Crippen LogP contribution is -2.74. The summed E-state index contributed by atoms with van der Waals surface area (Å²) < 4.78 is 80.2. The number of carbonyl (C=O) groups is 1.